The summed E-state index contributed by atoms with van der Waals surface area (Å²) in [5.74, 6) is 0.656. The Morgan fingerprint density at radius 1 is 1.22 bits per heavy atom. The SMILES string of the molecule is CSCC(C)(O)CNC(=O)C1(c2ccc(C(C)(C)C)cc2)CC1. The van der Waals surface area contributed by atoms with E-state index < -0.39 is 5.60 Å². The highest BCUT2D eigenvalue weighted by molar-refractivity contribution is 7.98. The second-order valence-electron chi connectivity index (χ2n) is 8.02. The van der Waals surface area contributed by atoms with E-state index in [-0.39, 0.29) is 16.7 Å². The van der Waals surface area contributed by atoms with Gasteiger partial charge in [0.05, 0.1) is 11.0 Å². The van der Waals surface area contributed by atoms with Gasteiger partial charge >= 0.3 is 0 Å². The molecule has 0 spiro atoms. The van der Waals surface area contributed by atoms with Crippen molar-refractivity contribution >= 4 is 17.7 Å². The molecule has 1 aliphatic rings. The maximum Gasteiger partial charge on any atom is 0.230 e. The molecule has 23 heavy (non-hydrogen) atoms. The van der Waals surface area contributed by atoms with Crippen LogP contribution in [0.25, 0.3) is 0 Å². The van der Waals surface area contributed by atoms with Gasteiger partial charge in [0.1, 0.15) is 0 Å². The summed E-state index contributed by atoms with van der Waals surface area (Å²) >= 11 is 1.58. The fraction of sp³-hybridized carbons (Fsp3) is 0.632. The molecular weight excluding hydrogens is 306 g/mol. The maximum absolute atomic E-state index is 12.6. The highest BCUT2D eigenvalue weighted by Crippen LogP contribution is 2.48. The van der Waals surface area contributed by atoms with Crippen LogP contribution in [0.4, 0.5) is 0 Å². The van der Waals surface area contributed by atoms with Gasteiger partial charge in [-0.1, -0.05) is 45.0 Å². The zero-order valence-electron chi connectivity index (χ0n) is 14.9. The fourth-order valence-corrected chi connectivity index (χ4v) is 3.59. The Kier molecular flexibility index (Phi) is 5.17. The Morgan fingerprint density at radius 2 is 1.78 bits per heavy atom. The summed E-state index contributed by atoms with van der Waals surface area (Å²) in [6.45, 7) is 8.64. The monoisotopic (exact) mass is 335 g/mol. The number of aliphatic hydroxyl groups is 1. The molecule has 1 aromatic carbocycles. The molecule has 1 fully saturated rings. The second kappa shape index (κ2) is 6.48. The summed E-state index contributed by atoms with van der Waals surface area (Å²) in [6.07, 6.45) is 3.73. The van der Waals surface area contributed by atoms with Gasteiger partial charge in [0.25, 0.3) is 0 Å². The van der Waals surface area contributed by atoms with Crippen LogP contribution in [-0.2, 0) is 15.6 Å². The van der Waals surface area contributed by atoms with E-state index in [2.05, 4.69) is 50.4 Å². The Bertz CT molecular complexity index is 554. The average molecular weight is 336 g/mol. The van der Waals surface area contributed by atoms with Crippen LogP contribution in [0.2, 0.25) is 0 Å². The summed E-state index contributed by atoms with van der Waals surface area (Å²) in [6, 6.07) is 8.44. The summed E-state index contributed by atoms with van der Waals surface area (Å²) in [7, 11) is 0. The van der Waals surface area contributed by atoms with Crippen molar-refractivity contribution in [1.82, 2.24) is 5.32 Å². The molecule has 2 N–H and O–H groups in total. The van der Waals surface area contributed by atoms with Crippen LogP contribution >= 0.6 is 11.8 Å². The molecule has 128 valence electrons. The molecule has 1 saturated carbocycles. The molecule has 4 heteroatoms. The van der Waals surface area contributed by atoms with Crippen molar-refractivity contribution in [1.29, 1.82) is 0 Å². The summed E-state index contributed by atoms with van der Waals surface area (Å²) in [4.78, 5) is 12.6. The third kappa shape index (κ3) is 4.30. The minimum Gasteiger partial charge on any atom is -0.387 e. The zero-order valence-corrected chi connectivity index (χ0v) is 15.7. The molecule has 1 amide bonds. The van der Waals surface area contributed by atoms with Crippen LogP contribution < -0.4 is 5.32 Å². The highest BCUT2D eigenvalue weighted by Gasteiger charge is 2.51. The third-order valence-corrected chi connectivity index (χ3v) is 5.48. The topological polar surface area (TPSA) is 49.3 Å². The number of carbonyl (C=O) groups excluding carboxylic acids is 1. The summed E-state index contributed by atoms with van der Waals surface area (Å²) in [5.41, 5.74) is 1.24. The molecule has 0 heterocycles. The van der Waals surface area contributed by atoms with Gasteiger partial charge in [-0.15, -0.1) is 0 Å². The van der Waals surface area contributed by atoms with Crippen molar-refractivity contribution in [2.24, 2.45) is 0 Å². The molecule has 3 nitrogen and oxygen atoms in total. The molecule has 0 radical (unpaired) electrons. The molecular formula is C19H29NO2S. The molecule has 0 saturated heterocycles. The molecule has 1 unspecified atom stereocenters. The number of nitrogens with one attached hydrogen (secondary N) is 1. The number of thioether (sulfide) groups is 1. The predicted molar refractivity (Wildman–Crippen MR) is 98.1 cm³/mol. The van der Waals surface area contributed by atoms with Crippen molar-refractivity contribution in [3.63, 3.8) is 0 Å². The third-order valence-electron chi connectivity index (χ3n) is 4.57. The second-order valence-corrected chi connectivity index (χ2v) is 8.89. The first kappa shape index (κ1) is 18.3. The Labute approximate surface area is 144 Å². The van der Waals surface area contributed by atoms with E-state index in [1.165, 1.54) is 5.56 Å². The van der Waals surface area contributed by atoms with Gasteiger partial charge in [-0.25, -0.2) is 0 Å². The zero-order chi connectivity index (χ0) is 17.3. The van der Waals surface area contributed by atoms with Crippen LogP contribution in [0.1, 0.15) is 51.7 Å². The van der Waals surface area contributed by atoms with Gasteiger partial charge in [0.2, 0.25) is 5.91 Å². The van der Waals surface area contributed by atoms with Crippen LogP contribution in [0.15, 0.2) is 24.3 Å². The van der Waals surface area contributed by atoms with Gasteiger partial charge in [0.15, 0.2) is 0 Å². The number of rotatable bonds is 6. The molecule has 1 aromatic rings. The van der Waals surface area contributed by atoms with E-state index in [9.17, 15) is 9.90 Å². The average Bonchev–Trinajstić information content (AvgIpc) is 3.26. The van der Waals surface area contributed by atoms with Crippen LogP contribution in [0.3, 0.4) is 0 Å². The van der Waals surface area contributed by atoms with Gasteiger partial charge in [0, 0.05) is 12.3 Å². The molecule has 1 aliphatic carbocycles. The smallest absolute Gasteiger partial charge is 0.230 e. The Balaban J connectivity index is 2.06. The van der Waals surface area contributed by atoms with Gasteiger partial charge in [-0.05, 0) is 42.6 Å². The van der Waals surface area contributed by atoms with Gasteiger partial charge in [-0.3, -0.25) is 4.79 Å². The number of hydrogen-bond donors (Lipinski definition) is 2. The fourth-order valence-electron chi connectivity index (χ4n) is 2.86. The molecule has 0 aromatic heterocycles. The quantitative estimate of drug-likeness (QED) is 0.839. The Hall–Kier alpha value is -1.00. The lowest BCUT2D eigenvalue weighted by atomic mass is 9.85. The number of carbonyl (C=O) groups is 1. The van der Waals surface area contributed by atoms with Gasteiger partial charge in [-0.2, -0.15) is 11.8 Å². The van der Waals surface area contributed by atoms with E-state index in [0.717, 1.165) is 18.4 Å². The van der Waals surface area contributed by atoms with E-state index >= 15 is 0 Å². The van der Waals surface area contributed by atoms with Crippen molar-refractivity contribution in [3.05, 3.63) is 35.4 Å². The predicted octanol–water partition coefficient (Wildman–Crippen LogP) is 3.25. The lowest BCUT2D eigenvalue weighted by molar-refractivity contribution is -0.124. The lowest BCUT2D eigenvalue weighted by Crippen LogP contribution is -2.45. The standard InChI is InChI=1S/C19H29NO2S/c1-17(2,3)14-6-8-15(9-7-14)19(10-11-19)16(21)20-12-18(4,22)13-23-5/h6-9,22H,10-13H2,1-5H3,(H,20,21). The number of benzene rings is 1. The van der Waals surface area contributed by atoms with E-state index in [1.54, 1.807) is 18.7 Å². The summed E-state index contributed by atoms with van der Waals surface area (Å²) < 4.78 is 0. The van der Waals surface area contributed by atoms with Crippen LogP contribution in [0, 0.1) is 0 Å². The Morgan fingerprint density at radius 3 is 2.22 bits per heavy atom. The first-order chi connectivity index (χ1) is 10.6. The van der Waals surface area contributed by atoms with Crippen molar-refractivity contribution in [3.8, 4) is 0 Å². The molecule has 2 rings (SSSR count). The van der Waals surface area contributed by atoms with Crippen LogP contribution in [0.5, 0.6) is 0 Å². The molecule has 1 atom stereocenters. The normalized spacial score (nSPS) is 19.0. The number of amides is 1. The van der Waals surface area contributed by atoms with Crippen molar-refractivity contribution < 1.29 is 9.90 Å². The number of hydrogen-bond acceptors (Lipinski definition) is 3. The van der Waals surface area contributed by atoms with Crippen molar-refractivity contribution in [2.45, 2.75) is 57.0 Å². The molecule has 0 aliphatic heterocycles. The first-order valence-corrected chi connectivity index (χ1v) is 9.61. The van der Waals surface area contributed by atoms with Gasteiger partial charge < -0.3 is 10.4 Å². The summed E-state index contributed by atoms with van der Waals surface area (Å²) in [5, 5.41) is 13.2. The largest absolute Gasteiger partial charge is 0.387 e. The van der Waals surface area contributed by atoms with E-state index in [1.807, 2.05) is 6.26 Å². The lowest BCUT2D eigenvalue weighted by Gasteiger charge is -2.25. The maximum atomic E-state index is 12.6. The minimum absolute atomic E-state index is 0.0439. The molecule has 0 bridgehead atoms. The van der Waals surface area contributed by atoms with Crippen molar-refractivity contribution in [2.75, 3.05) is 18.6 Å². The van der Waals surface area contributed by atoms with Crippen LogP contribution in [-0.4, -0.2) is 35.2 Å². The first-order valence-electron chi connectivity index (χ1n) is 8.21. The highest BCUT2D eigenvalue weighted by atomic mass is 32.2. The van der Waals surface area contributed by atoms with E-state index in [0.29, 0.717) is 12.3 Å². The van der Waals surface area contributed by atoms with E-state index in [4.69, 9.17) is 0 Å². The minimum atomic E-state index is -0.860.